The van der Waals surface area contributed by atoms with Gasteiger partial charge in [-0.05, 0) is 0 Å². The summed E-state index contributed by atoms with van der Waals surface area (Å²) in [5.74, 6) is -1.84. The van der Waals surface area contributed by atoms with Crippen molar-refractivity contribution < 1.29 is 53.1 Å². The molecular weight excluding hydrogens is 599 g/mol. The molecule has 3 N–H and O–H groups in total. The molecular formula is C18H25O11Pb. The van der Waals surface area contributed by atoms with Crippen LogP contribution >= 0.6 is 0 Å². The molecule has 0 fully saturated rings. The number of hydrogen-bond donors (Lipinski definition) is 3. The first-order chi connectivity index (χ1) is 13.8. The number of rotatable bonds is 5. The molecule has 11 nitrogen and oxygen atoms in total. The van der Waals surface area contributed by atoms with Gasteiger partial charge >= 0.3 is 121 Å². The van der Waals surface area contributed by atoms with Gasteiger partial charge in [0.15, 0.2) is 0 Å². The zero-order valence-corrected chi connectivity index (χ0v) is 21.1. The summed E-state index contributed by atoms with van der Waals surface area (Å²) >= 11 is 0.516. The van der Waals surface area contributed by atoms with Crippen LogP contribution in [0.25, 0.3) is 0 Å². The van der Waals surface area contributed by atoms with Crippen LogP contribution in [0.4, 0.5) is 0 Å². The molecule has 3 radical (unpaired) electrons. The minimum atomic E-state index is -0.916. The maximum absolute atomic E-state index is 11.9. The van der Waals surface area contributed by atoms with Gasteiger partial charge in [0, 0.05) is 20.8 Å². The Balaban J connectivity index is 0. The Kier molecular flexibility index (Phi) is 15.1. The van der Waals surface area contributed by atoms with Crippen LogP contribution in [0.5, 0.6) is 0 Å². The molecule has 1 aliphatic heterocycles. The zero-order chi connectivity index (χ0) is 23.9. The number of furan rings is 1. The summed E-state index contributed by atoms with van der Waals surface area (Å²) in [6.07, 6.45) is 1.55. The molecule has 30 heavy (non-hydrogen) atoms. The van der Waals surface area contributed by atoms with Crippen molar-refractivity contribution in [3.8, 4) is 0 Å². The molecule has 0 amide bonds. The van der Waals surface area contributed by atoms with Crippen LogP contribution in [0.15, 0.2) is 34.3 Å². The van der Waals surface area contributed by atoms with Crippen LogP contribution in [0.3, 0.4) is 0 Å². The monoisotopic (exact) mass is 625 g/mol. The van der Waals surface area contributed by atoms with E-state index in [2.05, 4.69) is 0 Å². The number of aliphatic carboxylic acids is 3. The van der Waals surface area contributed by atoms with E-state index in [0.717, 1.165) is 20.8 Å². The van der Waals surface area contributed by atoms with Gasteiger partial charge in [-0.25, -0.2) is 0 Å². The number of carbonyl (C=O) groups excluding carboxylic acids is 1. The predicted octanol–water partition coefficient (Wildman–Crippen LogP) is 1.71. The minimum absolute atomic E-state index is 0.158. The predicted molar refractivity (Wildman–Crippen MR) is 102 cm³/mol. The average Bonchev–Trinajstić information content (AvgIpc) is 3.18. The molecule has 1 unspecified atom stereocenters. The van der Waals surface area contributed by atoms with Crippen LogP contribution in [0.2, 0.25) is 0 Å². The van der Waals surface area contributed by atoms with Crippen LogP contribution in [0, 0.1) is 0 Å². The third-order valence-corrected chi connectivity index (χ3v) is 4.64. The molecule has 1 aromatic rings. The van der Waals surface area contributed by atoms with Crippen LogP contribution in [-0.2, 0) is 36.5 Å². The van der Waals surface area contributed by atoms with Crippen molar-refractivity contribution in [2.45, 2.75) is 37.8 Å². The summed E-state index contributed by atoms with van der Waals surface area (Å²) in [4.78, 5) is 38.9. The van der Waals surface area contributed by atoms with Crippen LogP contribution in [0.1, 0.15) is 40.4 Å². The van der Waals surface area contributed by atoms with E-state index in [1.165, 1.54) is 0 Å². The molecule has 12 heteroatoms. The number of esters is 1. The number of cyclic esters (lactones) is 1. The number of ether oxygens (including phenoxy) is 3. The van der Waals surface area contributed by atoms with E-state index in [1.54, 1.807) is 18.4 Å². The fraction of sp³-hybridized carbons (Fsp3) is 0.444. The van der Waals surface area contributed by atoms with E-state index >= 15 is 0 Å². The topological polar surface area (TPSA) is 170 Å². The average molecular weight is 625 g/mol. The van der Waals surface area contributed by atoms with Gasteiger partial charge in [0.1, 0.15) is 0 Å². The molecule has 0 spiro atoms. The fourth-order valence-electron chi connectivity index (χ4n) is 1.71. The Morgan fingerprint density at radius 1 is 1.00 bits per heavy atom. The van der Waals surface area contributed by atoms with E-state index in [-0.39, 0.29) is 5.76 Å². The molecule has 2 heterocycles. The Hall–Kier alpha value is -2.58. The van der Waals surface area contributed by atoms with Crippen molar-refractivity contribution in [3.63, 3.8) is 0 Å². The second-order valence-electron chi connectivity index (χ2n) is 5.13. The van der Waals surface area contributed by atoms with Gasteiger partial charge < -0.3 is 15.3 Å². The summed E-state index contributed by atoms with van der Waals surface area (Å²) in [5.41, 5.74) is 0. The van der Waals surface area contributed by atoms with E-state index in [1.807, 2.05) is 13.8 Å². The summed E-state index contributed by atoms with van der Waals surface area (Å²) in [6, 6.07) is 3.53. The number of carbonyl (C=O) groups is 4. The molecule has 167 valence electrons. The molecule has 0 aliphatic carbocycles. The maximum atomic E-state index is 11.9. The van der Waals surface area contributed by atoms with Crippen LogP contribution in [-0.4, -0.2) is 78.2 Å². The first kappa shape index (κ1) is 29.6. The van der Waals surface area contributed by atoms with Crippen molar-refractivity contribution in [1.29, 1.82) is 0 Å². The number of hydrogen-bond acceptors (Lipinski definition) is 8. The normalized spacial score (nSPS) is 16.4. The Morgan fingerprint density at radius 3 is 1.77 bits per heavy atom. The number of carboxylic acids is 3. The van der Waals surface area contributed by atoms with Gasteiger partial charge in [-0.1, -0.05) is 0 Å². The first-order valence-electron chi connectivity index (χ1n) is 8.44. The van der Waals surface area contributed by atoms with Gasteiger partial charge in [-0.3, -0.25) is 14.4 Å². The summed E-state index contributed by atoms with van der Waals surface area (Å²) in [5, 5.41) is 22.2. The number of carboxylic acid groups (broad SMARTS) is 3. The van der Waals surface area contributed by atoms with Crippen molar-refractivity contribution in [3.05, 3.63) is 35.7 Å². The molecule has 1 aromatic heterocycles. The van der Waals surface area contributed by atoms with Crippen molar-refractivity contribution in [2.24, 2.45) is 0 Å². The standard InChI is InChI=1S/C12H13O5.3C2H4O2.Pb/c1-3-14-10-9(8-6-5-7-16-8)17-12(13)11(10)15-4-2;3*1-2(3)4;/h5-7H,3-4H2,1-2H3;3*1H3,(H,3,4);. The molecule has 0 saturated carbocycles. The first-order valence-corrected chi connectivity index (χ1v) is 10.4. The fourth-order valence-corrected chi connectivity index (χ4v) is 3.34. The Bertz CT molecular complexity index is 684. The van der Waals surface area contributed by atoms with Gasteiger partial charge in [0.25, 0.3) is 17.9 Å². The second-order valence-corrected chi connectivity index (χ2v) is 7.87. The Labute approximate surface area is 189 Å². The quantitative estimate of drug-likeness (QED) is 0.322. The molecule has 0 saturated heterocycles. The molecule has 1 atom stereocenters. The summed E-state index contributed by atoms with van der Waals surface area (Å²) in [7, 11) is 0. The Morgan fingerprint density at radius 2 is 1.43 bits per heavy atom. The molecule has 0 bridgehead atoms. The third kappa shape index (κ3) is 12.1. The SMILES string of the molecule is CC(=O)O.CC(=O)O.CC(=O)O.CCOC1=C(OCC)[C]([Pb])(c2ccco2)OC1=O. The van der Waals surface area contributed by atoms with Gasteiger partial charge in [-0.15, -0.1) is 0 Å². The van der Waals surface area contributed by atoms with Gasteiger partial charge in [0.05, 0.1) is 0 Å². The van der Waals surface area contributed by atoms with E-state index in [9.17, 15) is 4.79 Å². The molecule has 1 aliphatic rings. The van der Waals surface area contributed by atoms with Crippen molar-refractivity contribution in [2.75, 3.05) is 13.2 Å². The zero-order valence-electron chi connectivity index (χ0n) is 17.3. The van der Waals surface area contributed by atoms with Gasteiger partial charge in [0.2, 0.25) is 0 Å². The van der Waals surface area contributed by atoms with Gasteiger partial charge in [-0.2, -0.15) is 0 Å². The second kappa shape index (κ2) is 15.3. The summed E-state index contributed by atoms with van der Waals surface area (Å²) < 4.78 is 20.8. The van der Waals surface area contributed by atoms with E-state index in [4.69, 9.17) is 48.3 Å². The third-order valence-electron chi connectivity index (χ3n) is 2.40. The van der Waals surface area contributed by atoms with Crippen molar-refractivity contribution in [1.82, 2.24) is 0 Å². The van der Waals surface area contributed by atoms with Crippen LogP contribution < -0.4 is 0 Å². The van der Waals surface area contributed by atoms with Crippen molar-refractivity contribution >= 4 is 49.6 Å². The van der Waals surface area contributed by atoms with E-state index < -0.39 is 27.0 Å². The van der Waals surface area contributed by atoms with E-state index in [0.29, 0.717) is 50.5 Å². The summed E-state index contributed by atoms with van der Waals surface area (Å²) in [6.45, 7) is 7.73. The molecule has 2 rings (SSSR count). The molecule has 0 aromatic carbocycles.